The monoisotopic (exact) mass is 256 g/mol. The Hall–Kier alpha value is -0.380. The van der Waals surface area contributed by atoms with Crippen molar-refractivity contribution < 1.29 is 0 Å². The number of hydrogen-bond acceptors (Lipinski definition) is 2. The zero-order valence-corrected chi connectivity index (χ0v) is 10.4. The molecule has 2 nitrogen and oxygen atoms in total. The van der Waals surface area contributed by atoms with Crippen molar-refractivity contribution >= 4 is 15.9 Å². The van der Waals surface area contributed by atoms with Crippen molar-refractivity contribution in [1.82, 2.24) is 5.43 Å². The predicted molar refractivity (Wildman–Crippen MR) is 63.8 cm³/mol. The Morgan fingerprint density at radius 2 is 1.93 bits per heavy atom. The van der Waals surface area contributed by atoms with E-state index in [4.69, 9.17) is 5.84 Å². The van der Waals surface area contributed by atoms with Gasteiger partial charge in [-0.1, -0.05) is 35.8 Å². The Kier molecular flexibility index (Phi) is 4.11. The van der Waals surface area contributed by atoms with Crippen molar-refractivity contribution in [2.45, 2.75) is 26.8 Å². The first-order chi connectivity index (χ1) is 6.54. The van der Waals surface area contributed by atoms with Crippen LogP contribution >= 0.6 is 15.9 Å². The summed E-state index contributed by atoms with van der Waals surface area (Å²) in [5.74, 6) is 6.02. The second-order valence-corrected chi connectivity index (χ2v) is 4.87. The van der Waals surface area contributed by atoms with Gasteiger partial charge in [-0.3, -0.25) is 11.3 Å². The van der Waals surface area contributed by atoms with Crippen LogP contribution in [0.1, 0.15) is 31.0 Å². The Morgan fingerprint density at radius 1 is 1.29 bits per heavy atom. The molecule has 1 atom stereocenters. The van der Waals surface area contributed by atoms with E-state index in [1.807, 2.05) is 0 Å². The van der Waals surface area contributed by atoms with E-state index < -0.39 is 0 Å². The van der Waals surface area contributed by atoms with Crippen LogP contribution in [0.5, 0.6) is 0 Å². The summed E-state index contributed by atoms with van der Waals surface area (Å²) in [6, 6.07) is 6.58. The lowest BCUT2D eigenvalue weighted by Crippen LogP contribution is -2.31. The summed E-state index contributed by atoms with van der Waals surface area (Å²) >= 11 is 3.49. The van der Waals surface area contributed by atoms with Gasteiger partial charge in [0.05, 0.1) is 0 Å². The SMILES string of the molecule is Cc1cc(Br)cc(C(NN)C(C)C)c1. The van der Waals surface area contributed by atoms with E-state index >= 15 is 0 Å². The molecule has 1 aromatic carbocycles. The third-order valence-electron chi connectivity index (χ3n) is 2.27. The minimum Gasteiger partial charge on any atom is -0.271 e. The predicted octanol–water partition coefficient (Wildman–Crippen LogP) is 2.92. The van der Waals surface area contributed by atoms with E-state index in [-0.39, 0.29) is 6.04 Å². The van der Waals surface area contributed by atoms with Crippen LogP contribution in [0.25, 0.3) is 0 Å². The van der Waals surface area contributed by atoms with Crippen molar-refractivity contribution in [3.05, 3.63) is 33.8 Å². The van der Waals surface area contributed by atoms with Crippen LogP contribution < -0.4 is 11.3 Å². The van der Waals surface area contributed by atoms with E-state index in [2.05, 4.69) is 60.3 Å². The number of nitrogens with two attached hydrogens (primary N) is 1. The number of hydrogen-bond donors (Lipinski definition) is 2. The van der Waals surface area contributed by atoms with Gasteiger partial charge in [0.15, 0.2) is 0 Å². The van der Waals surface area contributed by atoms with Crippen molar-refractivity contribution in [3.63, 3.8) is 0 Å². The first-order valence-corrected chi connectivity index (χ1v) is 5.57. The molecule has 0 fully saturated rings. The maximum atomic E-state index is 5.54. The van der Waals surface area contributed by atoms with Crippen molar-refractivity contribution in [2.24, 2.45) is 11.8 Å². The molecule has 1 aromatic rings. The van der Waals surface area contributed by atoms with Gasteiger partial charge in [0.25, 0.3) is 0 Å². The highest BCUT2D eigenvalue weighted by atomic mass is 79.9. The molecule has 3 N–H and O–H groups in total. The van der Waals surface area contributed by atoms with Gasteiger partial charge in [-0.25, -0.2) is 0 Å². The molecule has 0 aliphatic rings. The molecular formula is C11H17BrN2. The highest BCUT2D eigenvalue weighted by Gasteiger charge is 2.14. The molecule has 0 bridgehead atoms. The Labute approximate surface area is 94.0 Å². The van der Waals surface area contributed by atoms with Crippen LogP contribution in [-0.2, 0) is 0 Å². The van der Waals surface area contributed by atoms with Crippen molar-refractivity contribution in [2.75, 3.05) is 0 Å². The summed E-state index contributed by atoms with van der Waals surface area (Å²) in [6.45, 7) is 6.39. The second kappa shape index (κ2) is 4.91. The molecular weight excluding hydrogens is 240 g/mol. The fraction of sp³-hybridized carbons (Fsp3) is 0.455. The second-order valence-electron chi connectivity index (χ2n) is 3.95. The van der Waals surface area contributed by atoms with Crippen LogP contribution in [0.2, 0.25) is 0 Å². The van der Waals surface area contributed by atoms with Gasteiger partial charge >= 0.3 is 0 Å². The number of benzene rings is 1. The summed E-state index contributed by atoms with van der Waals surface area (Å²) < 4.78 is 1.10. The zero-order valence-electron chi connectivity index (χ0n) is 8.84. The molecule has 0 spiro atoms. The van der Waals surface area contributed by atoms with Crippen LogP contribution in [0.15, 0.2) is 22.7 Å². The molecule has 0 saturated heterocycles. The largest absolute Gasteiger partial charge is 0.271 e. The van der Waals surface area contributed by atoms with Crippen molar-refractivity contribution in [1.29, 1.82) is 0 Å². The third kappa shape index (κ3) is 2.80. The number of rotatable bonds is 3. The molecule has 0 heterocycles. The molecule has 0 aliphatic heterocycles. The molecule has 1 unspecified atom stereocenters. The molecule has 14 heavy (non-hydrogen) atoms. The fourth-order valence-electron chi connectivity index (χ4n) is 1.62. The first kappa shape index (κ1) is 11.7. The molecule has 3 heteroatoms. The van der Waals surface area contributed by atoms with Gasteiger partial charge in [-0.2, -0.15) is 0 Å². The Bertz CT molecular complexity index is 290. The van der Waals surface area contributed by atoms with E-state index in [0.29, 0.717) is 5.92 Å². The topological polar surface area (TPSA) is 38.0 Å². The van der Waals surface area contributed by atoms with Gasteiger partial charge in [0, 0.05) is 10.5 Å². The van der Waals surface area contributed by atoms with Gasteiger partial charge in [-0.15, -0.1) is 0 Å². The lowest BCUT2D eigenvalue weighted by atomic mass is 9.96. The van der Waals surface area contributed by atoms with E-state index in [1.165, 1.54) is 11.1 Å². The Morgan fingerprint density at radius 3 is 2.36 bits per heavy atom. The number of hydrazine groups is 1. The lowest BCUT2D eigenvalue weighted by molar-refractivity contribution is 0.421. The standard InChI is InChI=1S/C11H17BrN2/c1-7(2)11(14-13)9-4-8(3)5-10(12)6-9/h4-7,11,14H,13H2,1-3H3. The van der Waals surface area contributed by atoms with Gasteiger partial charge in [-0.05, 0) is 36.1 Å². The average Bonchev–Trinajstić information content (AvgIpc) is 2.02. The molecule has 0 amide bonds. The molecule has 0 aliphatic carbocycles. The molecule has 0 aromatic heterocycles. The minimum absolute atomic E-state index is 0.214. The van der Waals surface area contributed by atoms with Gasteiger partial charge in [0.1, 0.15) is 0 Å². The van der Waals surface area contributed by atoms with E-state index in [9.17, 15) is 0 Å². The van der Waals surface area contributed by atoms with Gasteiger partial charge < -0.3 is 0 Å². The fourth-order valence-corrected chi connectivity index (χ4v) is 2.24. The summed E-state index contributed by atoms with van der Waals surface area (Å²) in [5.41, 5.74) is 5.33. The first-order valence-electron chi connectivity index (χ1n) is 4.78. The summed E-state index contributed by atoms with van der Waals surface area (Å²) in [7, 11) is 0. The van der Waals surface area contributed by atoms with E-state index in [1.54, 1.807) is 0 Å². The molecule has 0 radical (unpaired) electrons. The average molecular weight is 257 g/mol. The summed E-state index contributed by atoms with van der Waals surface area (Å²) in [5, 5.41) is 0. The molecule has 0 saturated carbocycles. The summed E-state index contributed by atoms with van der Waals surface area (Å²) in [4.78, 5) is 0. The number of aryl methyl sites for hydroxylation is 1. The number of nitrogens with one attached hydrogen (secondary N) is 1. The van der Waals surface area contributed by atoms with Crippen LogP contribution in [-0.4, -0.2) is 0 Å². The highest BCUT2D eigenvalue weighted by Crippen LogP contribution is 2.25. The van der Waals surface area contributed by atoms with E-state index in [0.717, 1.165) is 4.47 Å². The van der Waals surface area contributed by atoms with Crippen LogP contribution in [0, 0.1) is 12.8 Å². The maximum absolute atomic E-state index is 5.54. The quantitative estimate of drug-likeness (QED) is 0.645. The highest BCUT2D eigenvalue weighted by molar-refractivity contribution is 9.10. The van der Waals surface area contributed by atoms with Crippen molar-refractivity contribution in [3.8, 4) is 0 Å². The Balaban J connectivity index is 3.04. The molecule has 1 rings (SSSR count). The van der Waals surface area contributed by atoms with Crippen LogP contribution in [0.3, 0.4) is 0 Å². The van der Waals surface area contributed by atoms with Crippen LogP contribution in [0.4, 0.5) is 0 Å². The smallest absolute Gasteiger partial charge is 0.0483 e. The third-order valence-corrected chi connectivity index (χ3v) is 2.73. The van der Waals surface area contributed by atoms with Gasteiger partial charge in [0.2, 0.25) is 0 Å². The normalized spacial score (nSPS) is 13.3. The zero-order chi connectivity index (χ0) is 10.7. The lowest BCUT2D eigenvalue weighted by Gasteiger charge is -2.20. The number of halogens is 1. The minimum atomic E-state index is 0.214. The maximum Gasteiger partial charge on any atom is 0.0483 e. The molecule has 78 valence electrons. The summed E-state index contributed by atoms with van der Waals surface area (Å²) in [6.07, 6.45) is 0.